The minimum atomic E-state index is -0.362. The van der Waals surface area contributed by atoms with Crippen LogP contribution in [0.2, 0.25) is 0 Å². The summed E-state index contributed by atoms with van der Waals surface area (Å²) < 4.78 is 10.5. The summed E-state index contributed by atoms with van der Waals surface area (Å²) >= 11 is 0. The number of hydrogen-bond donors (Lipinski definition) is 0. The molecule has 30 heavy (non-hydrogen) atoms. The van der Waals surface area contributed by atoms with Gasteiger partial charge in [0, 0.05) is 6.42 Å². The summed E-state index contributed by atoms with van der Waals surface area (Å²) in [6.07, 6.45) is 0.780. The van der Waals surface area contributed by atoms with Crippen molar-refractivity contribution in [1.29, 1.82) is 0 Å². The van der Waals surface area contributed by atoms with Crippen molar-refractivity contribution in [3.8, 4) is 11.5 Å². The maximum atomic E-state index is 12.5. The van der Waals surface area contributed by atoms with Crippen molar-refractivity contribution in [1.82, 2.24) is 0 Å². The highest BCUT2D eigenvalue weighted by atomic mass is 16.5. The lowest BCUT2D eigenvalue weighted by molar-refractivity contribution is -0.134. The van der Waals surface area contributed by atoms with Crippen molar-refractivity contribution < 1.29 is 23.9 Å². The molecule has 0 N–H and O–H groups in total. The molecule has 0 aromatic heterocycles. The molecule has 1 aliphatic heterocycles. The molecule has 0 aliphatic carbocycles. The molecule has 0 radical (unpaired) electrons. The van der Waals surface area contributed by atoms with Crippen molar-refractivity contribution >= 4 is 23.5 Å². The molecule has 1 heterocycles. The highest BCUT2D eigenvalue weighted by Crippen LogP contribution is 2.29. The predicted molar refractivity (Wildman–Crippen MR) is 111 cm³/mol. The second-order valence-corrected chi connectivity index (χ2v) is 6.81. The van der Waals surface area contributed by atoms with Crippen molar-refractivity contribution in [3.63, 3.8) is 0 Å². The first kappa shape index (κ1) is 19.4. The van der Waals surface area contributed by atoms with Crippen molar-refractivity contribution in [2.75, 3.05) is 12.0 Å². The number of benzene rings is 3. The van der Waals surface area contributed by atoms with Gasteiger partial charge in [-0.25, -0.2) is 4.90 Å². The Hall–Kier alpha value is -3.93. The van der Waals surface area contributed by atoms with Gasteiger partial charge in [0.2, 0.25) is 0 Å². The summed E-state index contributed by atoms with van der Waals surface area (Å²) in [4.78, 5) is 38.3. The number of ether oxygens (including phenoxy) is 2. The summed E-state index contributed by atoms with van der Waals surface area (Å²) in [6.45, 7) is 0. The standard InChI is InChI=1S/C24H19NO5/c1-29-18-11-6-16(7-12-18)8-15-22(26)30-19-13-9-17(10-14-19)25-23(27)20-4-2-3-5-21(20)24(25)28/h2-7,9-14H,8,15H2,1H3. The Kier molecular flexibility index (Phi) is 5.30. The van der Waals surface area contributed by atoms with Gasteiger partial charge in [0.25, 0.3) is 11.8 Å². The number of imide groups is 1. The predicted octanol–water partition coefficient (Wildman–Crippen LogP) is 4.03. The van der Waals surface area contributed by atoms with Crippen LogP contribution in [0.4, 0.5) is 5.69 Å². The highest BCUT2D eigenvalue weighted by molar-refractivity contribution is 6.34. The van der Waals surface area contributed by atoms with Gasteiger partial charge in [0.1, 0.15) is 11.5 Å². The van der Waals surface area contributed by atoms with Gasteiger partial charge in [0.15, 0.2) is 0 Å². The summed E-state index contributed by atoms with van der Waals surface area (Å²) in [6, 6.07) is 20.5. The second kappa shape index (κ2) is 8.21. The van der Waals surface area contributed by atoms with Gasteiger partial charge in [-0.15, -0.1) is 0 Å². The third kappa shape index (κ3) is 3.80. The molecule has 0 spiro atoms. The van der Waals surface area contributed by atoms with Gasteiger partial charge < -0.3 is 9.47 Å². The smallest absolute Gasteiger partial charge is 0.311 e. The van der Waals surface area contributed by atoms with E-state index in [4.69, 9.17) is 9.47 Å². The number of methoxy groups -OCH3 is 1. The van der Waals surface area contributed by atoms with Crippen LogP contribution in [0.1, 0.15) is 32.7 Å². The average molecular weight is 401 g/mol. The summed E-state index contributed by atoms with van der Waals surface area (Å²) in [5.74, 6) is 0.0357. The normalized spacial score (nSPS) is 12.6. The largest absolute Gasteiger partial charge is 0.497 e. The number of nitrogens with zero attached hydrogens (tertiary/aromatic N) is 1. The molecule has 2 amide bonds. The molecule has 3 aromatic carbocycles. The Balaban J connectivity index is 1.37. The molecule has 150 valence electrons. The van der Waals surface area contributed by atoms with Crippen molar-refractivity contribution in [3.05, 3.63) is 89.5 Å². The Labute approximate surface area is 173 Å². The summed E-state index contributed by atoms with van der Waals surface area (Å²) in [5.41, 5.74) is 2.21. The number of amides is 2. The average Bonchev–Trinajstić information content (AvgIpc) is 3.04. The maximum Gasteiger partial charge on any atom is 0.311 e. The van der Waals surface area contributed by atoms with Crippen LogP contribution in [-0.4, -0.2) is 24.9 Å². The minimum absolute atomic E-state index is 0.229. The number of aryl methyl sites for hydroxylation is 1. The monoisotopic (exact) mass is 401 g/mol. The van der Waals surface area contributed by atoms with Gasteiger partial charge in [0.05, 0.1) is 23.9 Å². The SMILES string of the molecule is COc1ccc(CCC(=O)Oc2ccc(N3C(=O)c4ccccc4C3=O)cc2)cc1. The lowest BCUT2D eigenvalue weighted by Gasteiger charge is -2.14. The molecular weight excluding hydrogens is 382 g/mol. The van der Waals surface area contributed by atoms with E-state index in [-0.39, 0.29) is 24.2 Å². The van der Waals surface area contributed by atoms with Gasteiger partial charge in [-0.3, -0.25) is 14.4 Å². The molecule has 0 fully saturated rings. The van der Waals surface area contributed by atoms with Crippen LogP contribution in [0.5, 0.6) is 11.5 Å². The maximum absolute atomic E-state index is 12.5. The van der Waals surface area contributed by atoms with E-state index in [1.165, 1.54) is 0 Å². The number of anilines is 1. The third-order valence-electron chi connectivity index (χ3n) is 4.90. The van der Waals surface area contributed by atoms with Crippen LogP contribution in [0.15, 0.2) is 72.8 Å². The van der Waals surface area contributed by atoms with E-state index in [0.29, 0.717) is 29.0 Å². The molecule has 4 rings (SSSR count). The summed E-state index contributed by atoms with van der Waals surface area (Å²) in [5, 5.41) is 0. The van der Waals surface area contributed by atoms with Gasteiger partial charge >= 0.3 is 5.97 Å². The first-order valence-corrected chi connectivity index (χ1v) is 9.48. The molecule has 3 aromatic rings. The van der Waals surface area contributed by atoms with E-state index in [0.717, 1.165) is 16.2 Å². The fraction of sp³-hybridized carbons (Fsp3) is 0.125. The molecular formula is C24H19NO5. The number of fused-ring (bicyclic) bond motifs is 1. The highest BCUT2D eigenvalue weighted by Gasteiger charge is 2.36. The number of rotatable bonds is 6. The fourth-order valence-corrected chi connectivity index (χ4v) is 3.31. The van der Waals surface area contributed by atoms with E-state index in [1.54, 1.807) is 55.6 Å². The quantitative estimate of drug-likeness (QED) is 0.354. The third-order valence-corrected chi connectivity index (χ3v) is 4.90. The molecule has 1 aliphatic rings. The van der Waals surface area contributed by atoms with Crippen molar-refractivity contribution in [2.45, 2.75) is 12.8 Å². The Bertz CT molecular complexity index is 1070. The minimum Gasteiger partial charge on any atom is -0.497 e. The van der Waals surface area contributed by atoms with E-state index in [9.17, 15) is 14.4 Å². The zero-order chi connectivity index (χ0) is 21.1. The van der Waals surface area contributed by atoms with E-state index >= 15 is 0 Å². The lowest BCUT2D eigenvalue weighted by atomic mass is 10.1. The first-order valence-electron chi connectivity index (χ1n) is 9.48. The first-order chi connectivity index (χ1) is 14.6. The van der Waals surface area contributed by atoms with E-state index < -0.39 is 0 Å². The Morgan fingerprint density at radius 3 is 1.93 bits per heavy atom. The molecule has 0 bridgehead atoms. The topological polar surface area (TPSA) is 72.9 Å². The number of carbonyl (C=O) groups is 3. The van der Waals surface area contributed by atoms with Gasteiger partial charge in [-0.1, -0.05) is 24.3 Å². The van der Waals surface area contributed by atoms with Crippen LogP contribution in [0.3, 0.4) is 0 Å². The molecule has 0 unspecified atom stereocenters. The number of esters is 1. The van der Waals surface area contributed by atoms with Crippen molar-refractivity contribution in [2.24, 2.45) is 0 Å². The van der Waals surface area contributed by atoms with Gasteiger partial charge in [-0.2, -0.15) is 0 Å². The molecule has 6 nitrogen and oxygen atoms in total. The number of hydrogen-bond acceptors (Lipinski definition) is 5. The number of carbonyl (C=O) groups excluding carboxylic acids is 3. The molecule has 6 heteroatoms. The van der Waals surface area contributed by atoms with Crippen LogP contribution in [-0.2, 0) is 11.2 Å². The zero-order valence-electron chi connectivity index (χ0n) is 16.3. The summed E-state index contributed by atoms with van der Waals surface area (Å²) in [7, 11) is 1.60. The van der Waals surface area contributed by atoms with E-state index in [2.05, 4.69) is 0 Å². The fourth-order valence-electron chi connectivity index (χ4n) is 3.31. The van der Waals surface area contributed by atoms with Crippen LogP contribution in [0, 0.1) is 0 Å². The molecule has 0 atom stereocenters. The van der Waals surface area contributed by atoms with Crippen LogP contribution in [0.25, 0.3) is 0 Å². The van der Waals surface area contributed by atoms with Crippen LogP contribution < -0.4 is 14.4 Å². The Morgan fingerprint density at radius 2 is 1.37 bits per heavy atom. The lowest BCUT2D eigenvalue weighted by Crippen LogP contribution is -2.29. The van der Waals surface area contributed by atoms with Gasteiger partial charge in [-0.05, 0) is 60.5 Å². The molecule has 0 saturated carbocycles. The Morgan fingerprint density at radius 1 is 0.800 bits per heavy atom. The van der Waals surface area contributed by atoms with Crippen LogP contribution >= 0.6 is 0 Å². The molecule has 0 saturated heterocycles. The zero-order valence-corrected chi connectivity index (χ0v) is 16.3. The second-order valence-electron chi connectivity index (χ2n) is 6.81. The van der Waals surface area contributed by atoms with E-state index in [1.807, 2.05) is 24.3 Å².